The van der Waals surface area contributed by atoms with E-state index in [1.807, 2.05) is 20.8 Å². The number of hydrogen-bond donors (Lipinski definition) is 2. The van der Waals surface area contributed by atoms with Crippen molar-refractivity contribution in [3.63, 3.8) is 0 Å². The van der Waals surface area contributed by atoms with E-state index in [-0.39, 0.29) is 14.0 Å². The third kappa shape index (κ3) is 45.3. The van der Waals surface area contributed by atoms with E-state index in [0.717, 1.165) is 6.54 Å². The summed E-state index contributed by atoms with van der Waals surface area (Å²) in [5.74, 6) is 0. The zero-order chi connectivity index (χ0) is 18.5. The largest absolute Gasteiger partial charge is 0.330 e. The molecule has 0 saturated carbocycles. The summed E-state index contributed by atoms with van der Waals surface area (Å²) >= 11 is 0. The molecule has 3 heteroatoms. The van der Waals surface area contributed by atoms with Crippen LogP contribution in [0.2, 0.25) is 0 Å². The quantitative estimate of drug-likeness (QED) is 0.230. The SMILES string of the molecule is B.CC(C)(C)N.CCCCCCCC/C=C\CCCCCCCCN. The molecule has 0 aliphatic heterocycles. The minimum atomic E-state index is 0. The lowest BCUT2D eigenvalue weighted by Crippen LogP contribution is -2.26. The Hall–Kier alpha value is -0.275. The lowest BCUT2D eigenvalue weighted by Gasteiger charge is -2.06. The number of hydrogen-bond acceptors (Lipinski definition) is 2. The first-order valence-corrected chi connectivity index (χ1v) is 10.6. The zero-order valence-corrected chi connectivity index (χ0v) is 17.4. The molecule has 0 aromatic heterocycles. The van der Waals surface area contributed by atoms with Gasteiger partial charge in [-0.15, -0.1) is 0 Å². The molecule has 0 amide bonds. The smallest absolute Gasteiger partial charge is 0.0814 e. The zero-order valence-electron chi connectivity index (χ0n) is 17.4. The summed E-state index contributed by atoms with van der Waals surface area (Å²) in [6, 6.07) is 0. The molecule has 0 aromatic rings. The normalized spacial score (nSPS) is 11.1. The van der Waals surface area contributed by atoms with Gasteiger partial charge in [-0.1, -0.05) is 76.9 Å². The Bertz CT molecular complexity index is 241. The molecule has 152 valence electrons. The van der Waals surface area contributed by atoms with E-state index in [1.54, 1.807) is 0 Å². The van der Waals surface area contributed by atoms with E-state index in [0.29, 0.717) is 0 Å². The second-order valence-electron chi connectivity index (χ2n) is 8.09. The second-order valence-corrected chi connectivity index (χ2v) is 8.09. The second kappa shape index (κ2) is 23.7. The van der Waals surface area contributed by atoms with Crippen LogP contribution in [0.3, 0.4) is 0 Å². The first-order chi connectivity index (χ1) is 11.4. The van der Waals surface area contributed by atoms with Gasteiger partial charge in [0.25, 0.3) is 0 Å². The molecule has 4 N–H and O–H groups in total. The van der Waals surface area contributed by atoms with Crippen molar-refractivity contribution in [2.45, 2.75) is 123 Å². The third-order valence-corrected chi connectivity index (χ3v) is 3.72. The van der Waals surface area contributed by atoms with Gasteiger partial charge >= 0.3 is 0 Å². The predicted molar refractivity (Wildman–Crippen MR) is 122 cm³/mol. The molecule has 0 aliphatic carbocycles. The van der Waals surface area contributed by atoms with Gasteiger partial charge in [0.2, 0.25) is 0 Å². The number of nitrogens with two attached hydrogens (primary N) is 2. The van der Waals surface area contributed by atoms with Gasteiger partial charge in [0.05, 0.1) is 8.41 Å². The first-order valence-electron chi connectivity index (χ1n) is 10.6. The van der Waals surface area contributed by atoms with Crippen molar-refractivity contribution in [1.29, 1.82) is 0 Å². The molecular weight excluding hydrogens is 303 g/mol. The Morgan fingerprint density at radius 1 is 0.640 bits per heavy atom. The van der Waals surface area contributed by atoms with Crippen LogP contribution in [0, 0.1) is 0 Å². The lowest BCUT2D eigenvalue weighted by molar-refractivity contribution is 0.580. The van der Waals surface area contributed by atoms with Crippen LogP contribution in [0.5, 0.6) is 0 Å². The van der Waals surface area contributed by atoms with Gasteiger partial charge in [0.1, 0.15) is 0 Å². The van der Waals surface area contributed by atoms with Crippen molar-refractivity contribution in [3.8, 4) is 0 Å². The van der Waals surface area contributed by atoms with Gasteiger partial charge in [-0.05, 0) is 59.4 Å². The van der Waals surface area contributed by atoms with Crippen molar-refractivity contribution >= 4 is 8.41 Å². The topological polar surface area (TPSA) is 52.0 Å². The highest BCUT2D eigenvalue weighted by Crippen LogP contribution is 2.09. The molecule has 2 nitrogen and oxygen atoms in total. The van der Waals surface area contributed by atoms with Crippen LogP contribution < -0.4 is 11.5 Å². The van der Waals surface area contributed by atoms with Crippen molar-refractivity contribution in [3.05, 3.63) is 12.2 Å². The first kappa shape index (κ1) is 29.5. The fourth-order valence-electron chi connectivity index (χ4n) is 2.39. The summed E-state index contributed by atoms with van der Waals surface area (Å²) in [7, 11) is 0. The molecule has 0 aliphatic rings. The summed E-state index contributed by atoms with van der Waals surface area (Å²) in [5, 5.41) is 0. The lowest BCUT2D eigenvalue weighted by atomic mass is 10.1. The van der Waals surface area contributed by atoms with Crippen LogP contribution in [0.25, 0.3) is 0 Å². The summed E-state index contributed by atoms with van der Waals surface area (Å²) < 4.78 is 0. The molecule has 25 heavy (non-hydrogen) atoms. The van der Waals surface area contributed by atoms with Crippen LogP contribution in [-0.4, -0.2) is 20.5 Å². The maximum absolute atomic E-state index is 5.47. The van der Waals surface area contributed by atoms with Crippen LogP contribution in [0.4, 0.5) is 0 Å². The van der Waals surface area contributed by atoms with E-state index in [1.165, 1.54) is 89.9 Å². The minimum Gasteiger partial charge on any atom is -0.330 e. The molecule has 0 atom stereocenters. The maximum atomic E-state index is 5.47. The fourth-order valence-corrected chi connectivity index (χ4v) is 2.39. The number of rotatable bonds is 15. The molecule has 0 radical (unpaired) electrons. The average molecular weight is 354 g/mol. The molecule has 0 aromatic carbocycles. The monoisotopic (exact) mass is 354 g/mol. The highest BCUT2D eigenvalue weighted by atomic mass is 14.7. The standard InChI is InChI=1S/C18H37N.C4H11N.BH3/c1-2-3-4-5-6-7-8-9-10-11-12-13-14-15-16-17-18-19;1-4(2,3)5;/h9-10H,2-8,11-19H2,1H3;5H2,1-3H3;1H3/b10-9-;;. The Morgan fingerprint density at radius 2 is 0.960 bits per heavy atom. The Balaban J connectivity index is -0.000000704. The maximum Gasteiger partial charge on any atom is 0.0814 e. The van der Waals surface area contributed by atoms with Crippen LogP contribution in [0.1, 0.15) is 118 Å². The molecule has 0 spiro atoms. The molecule has 0 bridgehead atoms. The fraction of sp³-hybridized carbons (Fsp3) is 0.909. The van der Waals surface area contributed by atoms with Crippen molar-refractivity contribution in [1.82, 2.24) is 0 Å². The van der Waals surface area contributed by atoms with Gasteiger partial charge < -0.3 is 11.5 Å². The van der Waals surface area contributed by atoms with Gasteiger partial charge in [-0.3, -0.25) is 0 Å². The Kier molecular flexibility index (Phi) is 28.0. The van der Waals surface area contributed by atoms with Crippen LogP contribution >= 0.6 is 0 Å². The molecule has 0 heterocycles. The van der Waals surface area contributed by atoms with Gasteiger partial charge in [-0.2, -0.15) is 0 Å². The number of unbranched alkanes of at least 4 members (excludes halogenated alkanes) is 12. The summed E-state index contributed by atoms with van der Waals surface area (Å²) in [6.07, 6.45) is 23.9. The third-order valence-electron chi connectivity index (χ3n) is 3.72. The van der Waals surface area contributed by atoms with Gasteiger partial charge in [0, 0.05) is 5.54 Å². The van der Waals surface area contributed by atoms with E-state index in [4.69, 9.17) is 11.5 Å². The Labute approximate surface area is 162 Å². The van der Waals surface area contributed by atoms with E-state index < -0.39 is 0 Å². The molecule has 0 saturated heterocycles. The van der Waals surface area contributed by atoms with E-state index in [2.05, 4.69) is 19.1 Å². The number of allylic oxidation sites excluding steroid dienone is 2. The average Bonchev–Trinajstić information content (AvgIpc) is 2.49. The summed E-state index contributed by atoms with van der Waals surface area (Å²) in [5.41, 5.74) is 10.8. The van der Waals surface area contributed by atoms with Crippen LogP contribution in [-0.2, 0) is 0 Å². The highest BCUT2D eigenvalue weighted by molar-refractivity contribution is 5.75. The summed E-state index contributed by atoms with van der Waals surface area (Å²) in [4.78, 5) is 0. The van der Waals surface area contributed by atoms with Crippen LogP contribution in [0.15, 0.2) is 12.2 Å². The van der Waals surface area contributed by atoms with Crippen molar-refractivity contribution in [2.24, 2.45) is 11.5 Å². The van der Waals surface area contributed by atoms with E-state index >= 15 is 0 Å². The summed E-state index contributed by atoms with van der Waals surface area (Å²) in [6.45, 7) is 9.04. The van der Waals surface area contributed by atoms with Crippen molar-refractivity contribution in [2.75, 3.05) is 6.54 Å². The minimum absolute atomic E-state index is 0. The van der Waals surface area contributed by atoms with Gasteiger partial charge in [0.15, 0.2) is 0 Å². The molecule has 0 unspecified atom stereocenters. The van der Waals surface area contributed by atoms with E-state index in [9.17, 15) is 0 Å². The molecule has 0 rings (SSSR count). The molecular formula is C22H51BN2. The molecule has 0 fully saturated rings. The van der Waals surface area contributed by atoms with Gasteiger partial charge in [-0.25, -0.2) is 0 Å². The predicted octanol–water partition coefficient (Wildman–Crippen LogP) is 5.54. The Morgan fingerprint density at radius 3 is 1.32 bits per heavy atom. The highest BCUT2D eigenvalue weighted by Gasteiger charge is 1.95. The van der Waals surface area contributed by atoms with Crippen molar-refractivity contribution < 1.29 is 0 Å².